The van der Waals surface area contributed by atoms with E-state index in [-0.39, 0.29) is 17.3 Å². The molecule has 1 aliphatic heterocycles. The van der Waals surface area contributed by atoms with Gasteiger partial charge in [-0.1, -0.05) is 19.4 Å². The van der Waals surface area contributed by atoms with E-state index in [9.17, 15) is 9.90 Å². The predicted molar refractivity (Wildman–Crippen MR) is 67.8 cm³/mol. The Labute approximate surface area is 108 Å². The number of aliphatic hydroxyl groups is 1. The van der Waals surface area contributed by atoms with E-state index in [0.29, 0.717) is 18.6 Å². The van der Waals surface area contributed by atoms with Crippen LogP contribution in [0.15, 0.2) is 22.8 Å². The summed E-state index contributed by atoms with van der Waals surface area (Å²) < 4.78 is 5.08. The number of hydrogen-bond donors (Lipinski definition) is 1. The highest BCUT2D eigenvalue weighted by Crippen LogP contribution is 2.52. The lowest BCUT2D eigenvalue weighted by Crippen LogP contribution is -2.34. The van der Waals surface area contributed by atoms with Gasteiger partial charge in [0.05, 0.1) is 11.2 Å². The molecule has 0 radical (unpaired) electrons. The number of carbonyl (C=O) groups is 1. The lowest BCUT2D eigenvalue weighted by atomic mass is 9.80. The smallest absolute Gasteiger partial charge is 0.338 e. The molecular weight excluding hydrogens is 228 g/mol. The third-order valence-corrected chi connectivity index (χ3v) is 4.52. The Bertz CT molecular complexity index is 480. The average molecular weight is 248 g/mol. The van der Waals surface area contributed by atoms with Crippen molar-refractivity contribution in [1.29, 1.82) is 0 Å². The van der Waals surface area contributed by atoms with Gasteiger partial charge in [0.1, 0.15) is 6.61 Å². The number of cyclic esters (lactones) is 1. The molecule has 1 N–H and O–H groups in total. The van der Waals surface area contributed by atoms with Crippen molar-refractivity contribution in [3.05, 3.63) is 22.8 Å². The van der Waals surface area contributed by atoms with Crippen molar-refractivity contribution < 1.29 is 14.6 Å². The van der Waals surface area contributed by atoms with E-state index in [1.54, 1.807) is 0 Å². The first-order valence-corrected chi connectivity index (χ1v) is 6.60. The molecule has 0 spiro atoms. The summed E-state index contributed by atoms with van der Waals surface area (Å²) in [6.07, 6.45) is 4.49. The fourth-order valence-corrected chi connectivity index (χ4v) is 3.70. The van der Waals surface area contributed by atoms with Crippen molar-refractivity contribution in [3.8, 4) is 0 Å². The number of carbonyl (C=O) groups excluding carboxylic acids is 1. The fourth-order valence-electron chi connectivity index (χ4n) is 3.70. The molecule has 2 atom stereocenters. The Kier molecular flexibility index (Phi) is 2.31. The van der Waals surface area contributed by atoms with Crippen molar-refractivity contribution in [3.63, 3.8) is 0 Å². The molecule has 3 nitrogen and oxygen atoms in total. The van der Waals surface area contributed by atoms with Crippen LogP contribution in [-0.2, 0) is 9.53 Å². The largest absolute Gasteiger partial charge is 0.458 e. The summed E-state index contributed by atoms with van der Waals surface area (Å²) in [6, 6.07) is 0. The molecule has 1 fully saturated rings. The first-order valence-electron chi connectivity index (χ1n) is 6.60. The molecule has 0 aromatic carbocycles. The van der Waals surface area contributed by atoms with Crippen molar-refractivity contribution in [2.24, 2.45) is 11.3 Å². The Balaban J connectivity index is 2.08. The lowest BCUT2D eigenvalue weighted by molar-refractivity contribution is -0.135. The van der Waals surface area contributed by atoms with Gasteiger partial charge in [0.2, 0.25) is 0 Å². The van der Waals surface area contributed by atoms with E-state index in [2.05, 4.69) is 13.8 Å². The van der Waals surface area contributed by atoms with Crippen LogP contribution < -0.4 is 0 Å². The third-order valence-electron chi connectivity index (χ3n) is 4.52. The molecule has 1 saturated carbocycles. The maximum absolute atomic E-state index is 11.7. The van der Waals surface area contributed by atoms with E-state index in [4.69, 9.17) is 4.74 Å². The van der Waals surface area contributed by atoms with Gasteiger partial charge >= 0.3 is 5.97 Å². The van der Waals surface area contributed by atoms with Gasteiger partial charge in [-0.3, -0.25) is 0 Å². The van der Waals surface area contributed by atoms with Gasteiger partial charge in [0.15, 0.2) is 0 Å². The number of hydrogen-bond acceptors (Lipinski definition) is 3. The molecule has 0 aromatic heterocycles. The van der Waals surface area contributed by atoms with Gasteiger partial charge in [0, 0.05) is 12.3 Å². The second-order valence-corrected chi connectivity index (χ2v) is 6.94. The van der Waals surface area contributed by atoms with Gasteiger partial charge in [-0.25, -0.2) is 4.79 Å². The fraction of sp³-hybridized carbons (Fsp3) is 0.667. The molecule has 0 unspecified atom stereocenters. The SMILES string of the molecule is CC1(C)CC2=CC3=C(COC3=O)C[C@](C)(O)[C@H]2C1. The maximum atomic E-state index is 11.7. The Morgan fingerprint density at radius 2 is 2.06 bits per heavy atom. The van der Waals surface area contributed by atoms with Crippen LogP contribution in [0.5, 0.6) is 0 Å². The van der Waals surface area contributed by atoms with Crippen molar-refractivity contribution in [1.82, 2.24) is 0 Å². The van der Waals surface area contributed by atoms with E-state index >= 15 is 0 Å². The molecule has 3 rings (SSSR count). The van der Waals surface area contributed by atoms with E-state index in [0.717, 1.165) is 18.4 Å². The first kappa shape index (κ1) is 12.0. The van der Waals surface area contributed by atoms with E-state index in [1.165, 1.54) is 5.57 Å². The zero-order valence-corrected chi connectivity index (χ0v) is 11.2. The number of fused-ring (bicyclic) bond motifs is 1. The molecule has 0 aromatic rings. The Morgan fingerprint density at radius 1 is 1.33 bits per heavy atom. The lowest BCUT2D eigenvalue weighted by Gasteiger charge is -2.31. The van der Waals surface area contributed by atoms with Gasteiger partial charge in [-0.05, 0) is 36.8 Å². The number of ether oxygens (including phenoxy) is 1. The molecule has 18 heavy (non-hydrogen) atoms. The molecule has 3 aliphatic rings. The van der Waals surface area contributed by atoms with Crippen molar-refractivity contribution >= 4 is 5.97 Å². The maximum Gasteiger partial charge on any atom is 0.338 e. The topological polar surface area (TPSA) is 46.5 Å². The average Bonchev–Trinajstić information content (AvgIpc) is 2.69. The minimum Gasteiger partial charge on any atom is -0.458 e. The van der Waals surface area contributed by atoms with Crippen LogP contribution in [0.1, 0.15) is 40.0 Å². The van der Waals surface area contributed by atoms with Crippen LogP contribution >= 0.6 is 0 Å². The van der Waals surface area contributed by atoms with Gasteiger partial charge in [-0.15, -0.1) is 0 Å². The van der Waals surface area contributed by atoms with Gasteiger partial charge < -0.3 is 9.84 Å². The highest BCUT2D eigenvalue weighted by molar-refractivity contribution is 5.95. The van der Waals surface area contributed by atoms with Crippen LogP contribution in [0, 0.1) is 11.3 Å². The minimum absolute atomic E-state index is 0.172. The number of rotatable bonds is 0. The second kappa shape index (κ2) is 3.47. The zero-order valence-electron chi connectivity index (χ0n) is 11.2. The highest BCUT2D eigenvalue weighted by atomic mass is 16.5. The Morgan fingerprint density at radius 3 is 2.78 bits per heavy atom. The summed E-state index contributed by atoms with van der Waals surface area (Å²) in [5, 5.41) is 10.7. The normalized spacial score (nSPS) is 37.9. The first-order chi connectivity index (χ1) is 8.28. The number of esters is 1. The Hall–Kier alpha value is -1.09. The quantitative estimate of drug-likeness (QED) is 0.669. The van der Waals surface area contributed by atoms with Crippen molar-refractivity contribution in [2.75, 3.05) is 6.61 Å². The predicted octanol–water partition coefficient (Wildman–Crippen LogP) is 2.36. The van der Waals surface area contributed by atoms with Crippen LogP contribution in [0.25, 0.3) is 0 Å². The molecule has 0 bridgehead atoms. The summed E-state index contributed by atoms with van der Waals surface area (Å²) in [4.78, 5) is 11.7. The van der Waals surface area contributed by atoms with E-state index < -0.39 is 5.60 Å². The molecule has 0 amide bonds. The monoisotopic (exact) mass is 248 g/mol. The molecule has 2 aliphatic carbocycles. The van der Waals surface area contributed by atoms with Crippen LogP contribution in [0.3, 0.4) is 0 Å². The summed E-state index contributed by atoms with van der Waals surface area (Å²) in [7, 11) is 0. The standard InChI is InChI=1S/C15H20O3/c1-14(2)5-9-4-11-10(8-18-13(11)16)6-15(3,17)12(9)7-14/h4,12,17H,5-8H2,1-3H3/t12-,15-/m0/s1. The molecule has 1 heterocycles. The zero-order chi connectivity index (χ0) is 13.1. The molecular formula is C15H20O3. The molecule has 98 valence electrons. The summed E-state index contributed by atoms with van der Waals surface area (Å²) in [5.74, 6) is -0.0513. The van der Waals surface area contributed by atoms with Gasteiger partial charge in [0.25, 0.3) is 0 Å². The van der Waals surface area contributed by atoms with Gasteiger partial charge in [-0.2, -0.15) is 0 Å². The summed E-state index contributed by atoms with van der Waals surface area (Å²) in [6.45, 7) is 6.69. The van der Waals surface area contributed by atoms with Crippen LogP contribution in [0.4, 0.5) is 0 Å². The van der Waals surface area contributed by atoms with Crippen molar-refractivity contribution in [2.45, 2.75) is 45.6 Å². The summed E-state index contributed by atoms with van der Waals surface area (Å²) >= 11 is 0. The summed E-state index contributed by atoms with van der Waals surface area (Å²) in [5.41, 5.74) is 2.33. The van der Waals surface area contributed by atoms with E-state index in [1.807, 2.05) is 13.0 Å². The van der Waals surface area contributed by atoms with Crippen LogP contribution in [0.2, 0.25) is 0 Å². The second-order valence-electron chi connectivity index (χ2n) is 6.94. The molecule has 0 saturated heterocycles. The highest BCUT2D eigenvalue weighted by Gasteiger charge is 2.47. The third kappa shape index (κ3) is 1.72. The molecule has 3 heteroatoms. The minimum atomic E-state index is -0.759. The van der Waals surface area contributed by atoms with Crippen LogP contribution in [-0.4, -0.2) is 23.3 Å².